The monoisotopic (exact) mass is 385 g/mol. The van der Waals surface area contributed by atoms with Crippen molar-refractivity contribution in [3.05, 3.63) is 65.9 Å². The Morgan fingerprint density at radius 2 is 1.86 bits per heavy atom. The summed E-state index contributed by atoms with van der Waals surface area (Å²) in [5.74, 6) is -2.50. The van der Waals surface area contributed by atoms with E-state index in [1.165, 1.54) is 13.0 Å². The highest BCUT2D eigenvalue weighted by atomic mass is 19.2. The molecule has 0 spiro atoms. The number of nitrogens with one attached hydrogen (secondary N) is 2. The molecular weight excluding hydrogens is 364 g/mol. The first-order valence-corrected chi connectivity index (χ1v) is 8.99. The summed E-state index contributed by atoms with van der Waals surface area (Å²) in [6.07, 6.45) is 2.65. The van der Waals surface area contributed by atoms with Crippen LogP contribution in [0.3, 0.4) is 0 Å². The van der Waals surface area contributed by atoms with Gasteiger partial charge in [0.2, 0.25) is 11.8 Å². The lowest BCUT2D eigenvalue weighted by Crippen LogP contribution is -2.33. The van der Waals surface area contributed by atoms with Crippen molar-refractivity contribution < 1.29 is 18.4 Å². The minimum atomic E-state index is -1.03. The van der Waals surface area contributed by atoms with E-state index in [1.807, 2.05) is 30.5 Å². The van der Waals surface area contributed by atoms with Crippen LogP contribution in [-0.2, 0) is 16.0 Å². The van der Waals surface area contributed by atoms with Gasteiger partial charge in [0.05, 0.1) is 0 Å². The van der Waals surface area contributed by atoms with Crippen LogP contribution < -0.4 is 5.32 Å². The lowest BCUT2D eigenvalue weighted by Gasteiger charge is -2.20. The molecule has 0 atom stereocenters. The first kappa shape index (κ1) is 19.5. The molecule has 1 heterocycles. The van der Waals surface area contributed by atoms with E-state index in [9.17, 15) is 18.4 Å². The zero-order chi connectivity index (χ0) is 20.1. The van der Waals surface area contributed by atoms with Gasteiger partial charge in [0.1, 0.15) is 0 Å². The number of fused-ring (bicyclic) bond motifs is 1. The predicted octanol–water partition coefficient (Wildman–Crippen LogP) is 3.87. The third kappa shape index (κ3) is 4.73. The summed E-state index contributed by atoms with van der Waals surface area (Å²) in [4.78, 5) is 28.8. The number of aromatic nitrogens is 1. The van der Waals surface area contributed by atoms with Crippen LogP contribution in [-0.4, -0.2) is 34.8 Å². The molecule has 0 aliphatic rings. The summed E-state index contributed by atoms with van der Waals surface area (Å²) < 4.78 is 26.2. The van der Waals surface area contributed by atoms with Gasteiger partial charge in [0.15, 0.2) is 11.6 Å². The number of benzene rings is 2. The van der Waals surface area contributed by atoms with E-state index < -0.39 is 11.6 Å². The molecule has 0 aliphatic heterocycles. The van der Waals surface area contributed by atoms with Crippen LogP contribution >= 0.6 is 0 Å². The SMILES string of the molecule is CC(=O)N(CCC(=O)Nc1ccc(F)c(F)c1)CCc1c[nH]c2ccccc12. The van der Waals surface area contributed by atoms with Crippen LogP contribution in [0.2, 0.25) is 0 Å². The van der Waals surface area contributed by atoms with Gasteiger partial charge < -0.3 is 15.2 Å². The molecule has 3 rings (SSSR count). The molecule has 0 aliphatic carbocycles. The van der Waals surface area contributed by atoms with Gasteiger partial charge in [0.25, 0.3) is 0 Å². The Morgan fingerprint density at radius 3 is 2.61 bits per heavy atom. The number of hydrogen-bond donors (Lipinski definition) is 2. The highest BCUT2D eigenvalue weighted by Crippen LogP contribution is 2.18. The molecule has 0 bridgehead atoms. The van der Waals surface area contributed by atoms with Gasteiger partial charge >= 0.3 is 0 Å². The second-order valence-electron chi connectivity index (χ2n) is 6.54. The lowest BCUT2D eigenvalue weighted by atomic mass is 10.1. The Kier molecular flexibility index (Phi) is 6.03. The highest BCUT2D eigenvalue weighted by molar-refractivity contribution is 5.91. The first-order chi connectivity index (χ1) is 13.4. The fourth-order valence-electron chi connectivity index (χ4n) is 3.05. The molecule has 28 heavy (non-hydrogen) atoms. The van der Waals surface area contributed by atoms with Gasteiger partial charge in [-0.05, 0) is 30.2 Å². The third-order valence-corrected chi connectivity index (χ3v) is 4.58. The number of rotatable bonds is 7. The van der Waals surface area contributed by atoms with Gasteiger partial charge in [-0.2, -0.15) is 0 Å². The second-order valence-corrected chi connectivity index (χ2v) is 6.54. The van der Waals surface area contributed by atoms with Crippen LogP contribution in [0.25, 0.3) is 10.9 Å². The van der Waals surface area contributed by atoms with Gasteiger partial charge in [-0.25, -0.2) is 8.78 Å². The summed E-state index contributed by atoms with van der Waals surface area (Å²) in [5, 5.41) is 3.62. The summed E-state index contributed by atoms with van der Waals surface area (Å²) in [6, 6.07) is 11.1. The number of nitrogens with zero attached hydrogens (tertiary/aromatic N) is 1. The molecular formula is C21H21F2N3O2. The molecule has 0 saturated heterocycles. The minimum absolute atomic E-state index is 0.0620. The first-order valence-electron chi connectivity index (χ1n) is 8.99. The fourth-order valence-corrected chi connectivity index (χ4v) is 3.05. The van der Waals surface area contributed by atoms with Crippen molar-refractivity contribution in [3.63, 3.8) is 0 Å². The van der Waals surface area contributed by atoms with Gasteiger partial charge in [-0.1, -0.05) is 18.2 Å². The quantitative estimate of drug-likeness (QED) is 0.649. The topological polar surface area (TPSA) is 65.2 Å². The Balaban J connectivity index is 1.55. The third-order valence-electron chi connectivity index (χ3n) is 4.58. The zero-order valence-corrected chi connectivity index (χ0v) is 15.5. The van der Waals surface area contributed by atoms with E-state index in [1.54, 1.807) is 4.90 Å². The second kappa shape index (κ2) is 8.65. The van der Waals surface area contributed by atoms with Crippen molar-refractivity contribution in [2.75, 3.05) is 18.4 Å². The van der Waals surface area contributed by atoms with Crippen molar-refractivity contribution in [2.45, 2.75) is 19.8 Å². The van der Waals surface area contributed by atoms with Gasteiger partial charge in [-0.15, -0.1) is 0 Å². The number of carbonyl (C=O) groups is 2. The van der Waals surface area contributed by atoms with Gasteiger partial charge in [-0.3, -0.25) is 9.59 Å². The van der Waals surface area contributed by atoms with Crippen LogP contribution in [0.4, 0.5) is 14.5 Å². The molecule has 0 radical (unpaired) electrons. The normalized spacial score (nSPS) is 10.8. The highest BCUT2D eigenvalue weighted by Gasteiger charge is 2.13. The minimum Gasteiger partial charge on any atom is -0.361 e. The summed E-state index contributed by atoms with van der Waals surface area (Å²) in [7, 11) is 0. The van der Waals surface area contributed by atoms with Crippen molar-refractivity contribution in [2.24, 2.45) is 0 Å². The van der Waals surface area contributed by atoms with E-state index in [0.717, 1.165) is 28.6 Å². The lowest BCUT2D eigenvalue weighted by molar-refractivity contribution is -0.129. The molecule has 3 aromatic rings. The zero-order valence-electron chi connectivity index (χ0n) is 15.5. The molecule has 2 aromatic carbocycles. The number of amides is 2. The molecule has 1 aromatic heterocycles. The largest absolute Gasteiger partial charge is 0.361 e. The average Bonchev–Trinajstić information content (AvgIpc) is 3.08. The number of H-pyrrole nitrogens is 1. The van der Waals surface area contributed by atoms with E-state index in [-0.39, 0.29) is 30.5 Å². The van der Waals surface area contributed by atoms with Crippen LogP contribution in [0.15, 0.2) is 48.7 Å². The van der Waals surface area contributed by atoms with E-state index in [4.69, 9.17) is 0 Å². The van der Waals surface area contributed by atoms with Crippen LogP contribution in [0.1, 0.15) is 18.9 Å². The van der Waals surface area contributed by atoms with E-state index >= 15 is 0 Å². The predicted molar refractivity (Wildman–Crippen MR) is 104 cm³/mol. The Bertz CT molecular complexity index is 1000. The Labute approximate surface area is 161 Å². The van der Waals surface area contributed by atoms with E-state index in [0.29, 0.717) is 13.0 Å². The van der Waals surface area contributed by atoms with Crippen molar-refractivity contribution in [1.29, 1.82) is 0 Å². The molecule has 146 valence electrons. The number of carbonyl (C=O) groups excluding carboxylic acids is 2. The number of halogens is 2. The van der Waals surface area contributed by atoms with Crippen molar-refractivity contribution in [3.8, 4) is 0 Å². The van der Waals surface area contributed by atoms with Crippen molar-refractivity contribution in [1.82, 2.24) is 9.88 Å². The van der Waals surface area contributed by atoms with Gasteiger partial charge in [0, 0.05) is 55.3 Å². The molecule has 2 N–H and O–H groups in total. The molecule has 0 fully saturated rings. The Morgan fingerprint density at radius 1 is 1.07 bits per heavy atom. The smallest absolute Gasteiger partial charge is 0.226 e. The van der Waals surface area contributed by atoms with Crippen molar-refractivity contribution >= 4 is 28.4 Å². The Hall–Kier alpha value is -3.22. The number of aromatic amines is 1. The number of anilines is 1. The summed E-state index contributed by atoms with van der Waals surface area (Å²) >= 11 is 0. The average molecular weight is 385 g/mol. The standard InChI is InChI=1S/C21H21F2N3O2/c1-14(27)26(10-8-15-13-24-20-5-3-2-4-17(15)20)11-9-21(28)25-16-6-7-18(22)19(23)12-16/h2-7,12-13,24H,8-11H2,1H3,(H,25,28). The van der Waals surface area contributed by atoms with Crippen LogP contribution in [0, 0.1) is 11.6 Å². The van der Waals surface area contributed by atoms with Crippen LogP contribution in [0.5, 0.6) is 0 Å². The van der Waals surface area contributed by atoms with E-state index in [2.05, 4.69) is 10.3 Å². The summed E-state index contributed by atoms with van der Waals surface area (Å²) in [5.41, 5.74) is 2.32. The maximum Gasteiger partial charge on any atom is 0.226 e. The molecule has 0 unspecified atom stereocenters. The molecule has 2 amide bonds. The summed E-state index contributed by atoms with van der Waals surface area (Å²) in [6.45, 7) is 2.19. The maximum atomic E-state index is 13.2. The molecule has 5 nitrogen and oxygen atoms in total. The maximum absolute atomic E-state index is 13.2. The number of para-hydroxylation sites is 1. The molecule has 0 saturated carbocycles. The molecule has 7 heteroatoms. The number of hydrogen-bond acceptors (Lipinski definition) is 2. The fraction of sp³-hybridized carbons (Fsp3) is 0.238.